The number of carbonyl (C=O) groups excluding carboxylic acids is 1. The van der Waals surface area contributed by atoms with Gasteiger partial charge in [0.2, 0.25) is 5.91 Å². The summed E-state index contributed by atoms with van der Waals surface area (Å²) in [5.41, 5.74) is 0.908. The number of ether oxygens (including phenoxy) is 1. The van der Waals surface area contributed by atoms with Crippen molar-refractivity contribution in [2.75, 3.05) is 34.2 Å². The molecule has 0 spiro atoms. The molecule has 5 heteroatoms. The van der Waals surface area contributed by atoms with Crippen LogP contribution in [0.1, 0.15) is 29.9 Å². The number of benzene rings is 2. The van der Waals surface area contributed by atoms with Crippen molar-refractivity contribution >= 4 is 5.91 Å². The second-order valence-electron chi connectivity index (χ2n) is 7.92. The summed E-state index contributed by atoms with van der Waals surface area (Å²) in [4.78, 5) is 16.7. The van der Waals surface area contributed by atoms with Crippen LogP contribution in [-0.2, 0) is 11.4 Å². The first-order chi connectivity index (χ1) is 13.4. The van der Waals surface area contributed by atoms with E-state index in [1.165, 1.54) is 0 Å². The molecule has 0 bridgehead atoms. The summed E-state index contributed by atoms with van der Waals surface area (Å²) in [6.45, 7) is 2.06. The molecule has 3 rings (SSSR count). The third-order valence-electron chi connectivity index (χ3n) is 5.54. The molecule has 1 N–H and O–H groups in total. The summed E-state index contributed by atoms with van der Waals surface area (Å²) >= 11 is 0. The van der Waals surface area contributed by atoms with Gasteiger partial charge in [0.1, 0.15) is 12.4 Å². The minimum Gasteiger partial charge on any atom is -0.489 e. The Morgan fingerprint density at radius 2 is 1.71 bits per heavy atom. The van der Waals surface area contributed by atoms with E-state index in [-0.39, 0.29) is 5.91 Å². The number of amides is 1. The number of piperidine rings is 1. The highest BCUT2D eigenvalue weighted by atomic mass is 16.5. The number of likely N-dealkylation sites (tertiary alicyclic amines) is 1. The molecule has 2 aromatic carbocycles. The standard InChI is InChI=1S/C23H30N2O3/c1-24(2)22(26)21(23(27)13-15-25(3)16-14-23)19-9-11-20(12-10-19)28-17-18-7-5-4-6-8-18/h4-12,21,27H,13-17H2,1-3H3. The average Bonchev–Trinajstić information content (AvgIpc) is 2.70. The van der Waals surface area contributed by atoms with Gasteiger partial charge in [-0.2, -0.15) is 0 Å². The molecule has 1 heterocycles. The molecular weight excluding hydrogens is 352 g/mol. The van der Waals surface area contributed by atoms with Crippen LogP contribution >= 0.6 is 0 Å². The van der Waals surface area contributed by atoms with E-state index in [0.29, 0.717) is 19.4 Å². The lowest BCUT2D eigenvalue weighted by Gasteiger charge is -2.42. The SMILES string of the molecule is CN1CCC(O)(C(C(=O)N(C)C)c2ccc(OCc3ccccc3)cc2)CC1. The van der Waals surface area contributed by atoms with Gasteiger partial charge in [-0.1, -0.05) is 42.5 Å². The molecule has 28 heavy (non-hydrogen) atoms. The van der Waals surface area contributed by atoms with Gasteiger partial charge in [0.25, 0.3) is 0 Å². The zero-order valence-electron chi connectivity index (χ0n) is 17.0. The highest BCUT2D eigenvalue weighted by molar-refractivity contribution is 5.84. The molecule has 2 aromatic rings. The number of hydrogen-bond donors (Lipinski definition) is 1. The van der Waals surface area contributed by atoms with E-state index in [2.05, 4.69) is 4.90 Å². The summed E-state index contributed by atoms with van der Waals surface area (Å²) < 4.78 is 5.85. The van der Waals surface area contributed by atoms with Crippen molar-refractivity contribution in [1.82, 2.24) is 9.80 Å². The second-order valence-corrected chi connectivity index (χ2v) is 7.92. The van der Waals surface area contributed by atoms with Crippen LogP contribution in [0.15, 0.2) is 54.6 Å². The van der Waals surface area contributed by atoms with E-state index < -0.39 is 11.5 Å². The summed E-state index contributed by atoms with van der Waals surface area (Å²) in [5, 5.41) is 11.3. The molecule has 0 aliphatic carbocycles. The zero-order valence-corrected chi connectivity index (χ0v) is 17.0. The van der Waals surface area contributed by atoms with Crippen molar-refractivity contribution in [2.45, 2.75) is 31.0 Å². The van der Waals surface area contributed by atoms with Crippen molar-refractivity contribution in [3.8, 4) is 5.75 Å². The van der Waals surface area contributed by atoms with Gasteiger partial charge in [0, 0.05) is 27.2 Å². The molecule has 0 radical (unpaired) electrons. The molecule has 1 atom stereocenters. The minimum atomic E-state index is -1.03. The first kappa shape index (κ1) is 20.4. The van der Waals surface area contributed by atoms with Crippen LogP contribution < -0.4 is 4.74 Å². The van der Waals surface area contributed by atoms with E-state index in [0.717, 1.165) is 30.0 Å². The van der Waals surface area contributed by atoms with Crippen LogP contribution in [0.4, 0.5) is 0 Å². The van der Waals surface area contributed by atoms with Gasteiger partial charge in [0.05, 0.1) is 11.5 Å². The van der Waals surface area contributed by atoms with E-state index in [9.17, 15) is 9.90 Å². The van der Waals surface area contributed by atoms with E-state index >= 15 is 0 Å². The number of nitrogens with zero attached hydrogens (tertiary/aromatic N) is 2. The van der Waals surface area contributed by atoms with Gasteiger partial charge < -0.3 is 19.6 Å². The van der Waals surface area contributed by atoms with Gasteiger partial charge >= 0.3 is 0 Å². The van der Waals surface area contributed by atoms with Crippen molar-refractivity contribution in [1.29, 1.82) is 0 Å². The van der Waals surface area contributed by atoms with Gasteiger partial charge in [-0.05, 0) is 43.1 Å². The molecule has 1 amide bonds. The second kappa shape index (κ2) is 8.76. The van der Waals surface area contributed by atoms with Crippen molar-refractivity contribution < 1.29 is 14.6 Å². The van der Waals surface area contributed by atoms with Crippen LogP contribution in [0.2, 0.25) is 0 Å². The van der Waals surface area contributed by atoms with Gasteiger partial charge in [-0.25, -0.2) is 0 Å². The van der Waals surface area contributed by atoms with Crippen LogP contribution in [0.5, 0.6) is 5.75 Å². The molecule has 150 valence electrons. The topological polar surface area (TPSA) is 53.0 Å². The van der Waals surface area contributed by atoms with Crippen LogP contribution in [0.25, 0.3) is 0 Å². The molecule has 1 unspecified atom stereocenters. The molecule has 1 aliphatic rings. The number of hydrogen-bond acceptors (Lipinski definition) is 4. The summed E-state index contributed by atoms with van der Waals surface area (Å²) in [6, 6.07) is 17.6. The van der Waals surface area contributed by atoms with Crippen molar-refractivity contribution in [3.63, 3.8) is 0 Å². The Bertz CT molecular complexity index is 766. The Morgan fingerprint density at radius 3 is 2.29 bits per heavy atom. The monoisotopic (exact) mass is 382 g/mol. The predicted octanol–water partition coefficient (Wildman–Crippen LogP) is 2.89. The summed E-state index contributed by atoms with van der Waals surface area (Å²) in [5.74, 6) is 0.114. The highest BCUT2D eigenvalue weighted by Gasteiger charge is 2.44. The van der Waals surface area contributed by atoms with Gasteiger partial charge in [-0.3, -0.25) is 4.79 Å². The van der Waals surface area contributed by atoms with E-state index in [1.807, 2.05) is 61.6 Å². The first-order valence-electron chi connectivity index (χ1n) is 9.78. The first-order valence-corrected chi connectivity index (χ1v) is 9.78. The van der Waals surface area contributed by atoms with Crippen LogP contribution in [-0.4, -0.2) is 60.6 Å². The number of carbonyl (C=O) groups is 1. The fourth-order valence-electron chi connectivity index (χ4n) is 3.73. The van der Waals surface area contributed by atoms with E-state index in [4.69, 9.17) is 4.74 Å². The third kappa shape index (κ3) is 4.72. The maximum Gasteiger partial charge on any atom is 0.232 e. The van der Waals surface area contributed by atoms with Crippen molar-refractivity contribution in [2.24, 2.45) is 0 Å². The van der Waals surface area contributed by atoms with Gasteiger partial charge in [0.15, 0.2) is 0 Å². The molecule has 0 aromatic heterocycles. The minimum absolute atomic E-state index is 0.0648. The average molecular weight is 383 g/mol. The summed E-state index contributed by atoms with van der Waals surface area (Å²) in [7, 11) is 5.52. The number of aliphatic hydroxyl groups is 1. The maximum atomic E-state index is 12.9. The number of rotatable bonds is 6. The Hall–Kier alpha value is -2.37. The maximum absolute atomic E-state index is 12.9. The Balaban J connectivity index is 1.77. The Kier molecular flexibility index (Phi) is 6.37. The predicted molar refractivity (Wildman–Crippen MR) is 110 cm³/mol. The fraction of sp³-hybridized carbons (Fsp3) is 0.435. The molecule has 5 nitrogen and oxygen atoms in total. The third-order valence-corrected chi connectivity index (χ3v) is 5.54. The zero-order chi connectivity index (χ0) is 20.1. The fourth-order valence-corrected chi connectivity index (χ4v) is 3.73. The molecule has 1 aliphatic heterocycles. The molecule has 0 saturated carbocycles. The van der Waals surface area contributed by atoms with Crippen LogP contribution in [0, 0.1) is 0 Å². The smallest absolute Gasteiger partial charge is 0.232 e. The largest absolute Gasteiger partial charge is 0.489 e. The molecule has 1 saturated heterocycles. The lowest BCUT2D eigenvalue weighted by Crippen LogP contribution is -2.51. The van der Waals surface area contributed by atoms with Crippen molar-refractivity contribution in [3.05, 3.63) is 65.7 Å². The highest BCUT2D eigenvalue weighted by Crippen LogP contribution is 2.38. The van der Waals surface area contributed by atoms with Crippen LogP contribution in [0.3, 0.4) is 0 Å². The lowest BCUT2D eigenvalue weighted by atomic mass is 9.75. The molecule has 1 fully saturated rings. The Morgan fingerprint density at radius 1 is 1.11 bits per heavy atom. The Labute approximate surface area is 167 Å². The lowest BCUT2D eigenvalue weighted by molar-refractivity contribution is -0.139. The molecular formula is C23H30N2O3. The normalized spacial score (nSPS) is 17.7. The van der Waals surface area contributed by atoms with Gasteiger partial charge in [-0.15, -0.1) is 0 Å². The number of likely N-dealkylation sites (N-methyl/N-ethyl adjacent to an activating group) is 1. The summed E-state index contributed by atoms with van der Waals surface area (Å²) in [6.07, 6.45) is 1.17. The quantitative estimate of drug-likeness (QED) is 0.835. The van der Waals surface area contributed by atoms with E-state index in [1.54, 1.807) is 19.0 Å².